The van der Waals surface area contributed by atoms with Gasteiger partial charge >= 0.3 is 0 Å². The molecular weight excluding hydrogens is 407 g/mol. The van der Waals surface area contributed by atoms with Crippen LogP contribution in [0.2, 0.25) is 0 Å². The van der Waals surface area contributed by atoms with Gasteiger partial charge < -0.3 is 4.42 Å². The Hall–Kier alpha value is -2.64. The molecule has 0 aliphatic heterocycles. The van der Waals surface area contributed by atoms with Crippen LogP contribution in [0.3, 0.4) is 0 Å². The third-order valence-electron chi connectivity index (χ3n) is 4.31. The molecule has 4 nitrogen and oxygen atoms in total. The van der Waals surface area contributed by atoms with Crippen LogP contribution in [-0.4, -0.2) is 16.6 Å². The molecule has 0 fully saturated rings. The zero-order valence-electron chi connectivity index (χ0n) is 15.6. The molecule has 2 heterocycles. The van der Waals surface area contributed by atoms with Gasteiger partial charge in [-0.25, -0.2) is 9.37 Å². The lowest BCUT2D eigenvalue weighted by Gasteiger charge is -2.18. The average Bonchev–Trinajstić information content (AvgIpc) is 3.39. The lowest BCUT2D eigenvalue weighted by Crippen LogP contribution is -2.30. The molecule has 0 bridgehead atoms. The van der Waals surface area contributed by atoms with Gasteiger partial charge in [-0.2, -0.15) is 0 Å². The van der Waals surface area contributed by atoms with E-state index in [1.54, 1.807) is 35.1 Å². The normalized spacial score (nSPS) is 11.1. The Morgan fingerprint density at radius 2 is 2.00 bits per heavy atom. The van der Waals surface area contributed by atoms with E-state index < -0.39 is 0 Å². The fraction of sp³-hybridized carbons (Fsp3) is 0.182. The largest absolute Gasteiger partial charge is 0.467 e. The Morgan fingerprint density at radius 3 is 2.79 bits per heavy atom. The summed E-state index contributed by atoms with van der Waals surface area (Å²) >= 11 is 3.05. The second kappa shape index (κ2) is 9.24. The predicted octanol–water partition coefficient (Wildman–Crippen LogP) is 6.13. The number of hydrogen-bond acceptors (Lipinski definition) is 5. The molecule has 0 saturated heterocycles. The average molecular weight is 427 g/mol. The molecule has 7 heteroatoms. The van der Waals surface area contributed by atoms with Crippen LogP contribution in [0, 0.1) is 5.82 Å². The first-order valence-corrected chi connectivity index (χ1v) is 11.1. The topological polar surface area (TPSA) is 46.3 Å². The number of benzene rings is 2. The minimum absolute atomic E-state index is 0.0189. The van der Waals surface area contributed by atoms with Gasteiger partial charge in [0, 0.05) is 11.3 Å². The molecule has 1 amide bonds. The van der Waals surface area contributed by atoms with Gasteiger partial charge in [0.25, 0.3) is 0 Å². The van der Waals surface area contributed by atoms with Crippen LogP contribution in [0.5, 0.6) is 0 Å². The number of thioether (sulfide) groups is 1. The number of furan rings is 1. The molecule has 2 aromatic carbocycles. The van der Waals surface area contributed by atoms with E-state index in [1.165, 1.54) is 28.4 Å². The second-order valence-corrected chi connectivity index (χ2v) is 8.61. The maximum absolute atomic E-state index is 13.5. The van der Waals surface area contributed by atoms with E-state index in [1.807, 2.05) is 24.3 Å². The number of hydrogen-bond donors (Lipinski definition) is 0. The standard InChI is InChI=1S/C22H19FN2O2S2/c23-16-10-11-19-20(14-16)29-22(24-19)25(15-17-6-4-12-27-17)21(26)9-5-13-28-18-7-2-1-3-8-18/h1-4,6-8,10-12,14H,5,9,13,15H2. The number of anilines is 1. The van der Waals surface area contributed by atoms with Gasteiger partial charge in [-0.3, -0.25) is 9.69 Å². The lowest BCUT2D eigenvalue weighted by atomic mass is 10.3. The van der Waals surface area contributed by atoms with Crippen molar-refractivity contribution in [3.8, 4) is 0 Å². The van der Waals surface area contributed by atoms with Crippen LogP contribution in [0.1, 0.15) is 18.6 Å². The number of amides is 1. The Kier molecular flexibility index (Phi) is 6.27. The zero-order chi connectivity index (χ0) is 20.1. The highest BCUT2D eigenvalue weighted by molar-refractivity contribution is 7.99. The molecule has 148 valence electrons. The van der Waals surface area contributed by atoms with Crippen LogP contribution in [-0.2, 0) is 11.3 Å². The summed E-state index contributed by atoms with van der Waals surface area (Å²) in [5.74, 6) is 1.21. The van der Waals surface area contributed by atoms with Crippen LogP contribution >= 0.6 is 23.1 Å². The van der Waals surface area contributed by atoms with Crippen LogP contribution in [0.25, 0.3) is 10.2 Å². The molecule has 0 atom stereocenters. The molecule has 0 aliphatic rings. The van der Waals surface area contributed by atoms with Crippen LogP contribution in [0.4, 0.5) is 9.52 Å². The van der Waals surface area contributed by atoms with Gasteiger partial charge in [0.15, 0.2) is 5.13 Å². The molecule has 4 rings (SSSR count). The number of nitrogens with zero attached hydrogens (tertiary/aromatic N) is 2. The molecule has 0 unspecified atom stereocenters. The third-order valence-corrected chi connectivity index (χ3v) is 6.45. The van der Waals surface area contributed by atoms with E-state index in [-0.39, 0.29) is 11.7 Å². The van der Waals surface area contributed by atoms with E-state index in [9.17, 15) is 9.18 Å². The number of halogens is 1. The van der Waals surface area contributed by atoms with Crippen LogP contribution in [0.15, 0.2) is 76.2 Å². The van der Waals surface area contributed by atoms with E-state index in [0.29, 0.717) is 29.4 Å². The SMILES string of the molecule is O=C(CCCSc1ccccc1)N(Cc1ccco1)c1nc2ccc(F)cc2s1. The third kappa shape index (κ3) is 5.05. The Balaban J connectivity index is 1.46. The van der Waals surface area contributed by atoms with Gasteiger partial charge in [-0.15, -0.1) is 11.8 Å². The number of fused-ring (bicyclic) bond motifs is 1. The van der Waals surface area contributed by atoms with Gasteiger partial charge in [0.1, 0.15) is 11.6 Å². The number of rotatable bonds is 8. The van der Waals surface area contributed by atoms with Crippen molar-refractivity contribution in [2.24, 2.45) is 0 Å². The van der Waals surface area contributed by atoms with E-state index in [2.05, 4.69) is 17.1 Å². The van der Waals surface area contributed by atoms with Gasteiger partial charge in [0.2, 0.25) is 5.91 Å². The molecule has 29 heavy (non-hydrogen) atoms. The van der Waals surface area contributed by atoms with Crippen molar-refractivity contribution < 1.29 is 13.6 Å². The van der Waals surface area contributed by atoms with E-state index in [0.717, 1.165) is 16.9 Å². The fourth-order valence-electron chi connectivity index (χ4n) is 2.89. The summed E-state index contributed by atoms with van der Waals surface area (Å²) in [5.41, 5.74) is 0.684. The van der Waals surface area contributed by atoms with Crippen molar-refractivity contribution in [1.29, 1.82) is 0 Å². The van der Waals surface area contributed by atoms with Gasteiger partial charge in [-0.1, -0.05) is 29.5 Å². The summed E-state index contributed by atoms with van der Waals surface area (Å²) in [5, 5.41) is 0.558. The first-order valence-electron chi connectivity index (χ1n) is 9.26. The summed E-state index contributed by atoms with van der Waals surface area (Å²) < 4.78 is 19.7. The van der Waals surface area contributed by atoms with Gasteiger partial charge in [-0.05, 0) is 54.6 Å². The highest BCUT2D eigenvalue weighted by Gasteiger charge is 2.21. The monoisotopic (exact) mass is 426 g/mol. The first kappa shape index (κ1) is 19.7. The Labute approximate surface area is 176 Å². The summed E-state index contributed by atoms with van der Waals surface area (Å²) in [7, 11) is 0. The van der Waals surface area contributed by atoms with Crippen LogP contribution < -0.4 is 4.90 Å². The van der Waals surface area contributed by atoms with Crippen molar-refractivity contribution >= 4 is 44.4 Å². The predicted molar refractivity (Wildman–Crippen MR) is 116 cm³/mol. The molecule has 0 N–H and O–H groups in total. The molecular formula is C22H19FN2O2S2. The maximum Gasteiger partial charge on any atom is 0.229 e. The summed E-state index contributed by atoms with van der Waals surface area (Å²) in [6.07, 6.45) is 2.75. The van der Waals surface area contributed by atoms with E-state index in [4.69, 9.17) is 4.42 Å². The molecule has 0 radical (unpaired) electrons. The summed E-state index contributed by atoms with van der Waals surface area (Å²) in [6, 6.07) is 18.2. The fourth-order valence-corrected chi connectivity index (χ4v) is 4.77. The minimum atomic E-state index is -0.311. The van der Waals surface area contributed by atoms with Gasteiger partial charge in [0.05, 0.1) is 23.0 Å². The number of carbonyl (C=O) groups excluding carboxylic acids is 1. The smallest absolute Gasteiger partial charge is 0.229 e. The molecule has 0 aliphatic carbocycles. The lowest BCUT2D eigenvalue weighted by molar-refractivity contribution is -0.118. The quantitative estimate of drug-likeness (QED) is 0.251. The summed E-state index contributed by atoms with van der Waals surface area (Å²) in [4.78, 5) is 20.4. The Morgan fingerprint density at radius 1 is 1.14 bits per heavy atom. The van der Waals surface area contributed by atoms with Crippen molar-refractivity contribution in [3.05, 3.63) is 78.5 Å². The second-order valence-electron chi connectivity index (χ2n) is 6.43. The molecule has 0 saturated carbocycles. The molecule has 4 aromatic rings. The highest BCUT2D eigenvalue weighted by Crippen LogP contribution is 2.31. The highest BCUT2D eigenvalue weighted by atomic mass is 32.2. The first-order chi connectivity index (χ1) is 14.2. The van der Waals surface area contributed by atoms with Crippen molar-refractivity contribution in [1.82, 2.24) is 4.98 Å². The maximum atomic E-state index is 13.5. The van der Waals surface area contributed by atoms with E-state index >= 15 is 0 Å². The molecule has 0 spiro atoms. The zero-order valence-corrected chi connectivity index (χ0v) is 17.2. The summed E-state index contributed by atoms with van der Waals surface area (Å²) in [6.45, 7) is 0.306. The Bertz CT molecular complexity index is 1080. The molecule has 2 aromatic heterocycles. The van der Waals surface area contributed by atoms with Crippen molar-refractivity contribution in [3.63, 3.8) is 0 Å². The van der Waals surface area contributed by atoms with Crippen molar-refractivity contribution in [2.45, 2.75) is 24.3 Å². The number of carbonyl (C=O) groups is 1. The van der Waals surface area contributed by atoms with Crippen molar-refractivity contribution in [2.75, 3.05) is 10.7 Å². The minimum Gasteiger partial charge on any atom is -0.467 e. The number of aromatic nitrogens is 1. The number of thiazole rings is 1.